The van der Waals surface area contributed by atoms with Crippen LogP contribution in [0.15, 0.2) is 22.8 Å². The SMILES string of the molecule is Cc1nonc1CNc1cc(F)ccc1Cl. The zero-order valence-corrected chi connectivity index (χ0v) is 9.25. The van der Waals surface area contributed by atoms with E-state index in [1.54, 1.807) is 6.92 Å². The van der Waals surface area contributed by atoms with E-state index in [1.165, 1.54) is 18.2 Å². The number of nitrogens with one attached hydrogen (secondary N) is 1. The molecule has 0 bridgehead atoms. The van der Waals surface area contributed by atoms with Crippen molar-refractivity contribution in [3.8, 4) is 0 Å². The number of nitrogens with zero attached hydrogens (tertiary/aromatic N) is 2. The topological polar surface area (TPSA) is 51.0 Å². The van der Waals surface area contributed by atoms with Crippen LogP contribution in [-0.2, 0) is 6.54 Å². The van der Waals surface area contributed by atoms with Gasteiger partial charge in [0, 0.05) is 0 Å². The van der Waals surface area contributed by atoms with Crippen LogP contribution in [-0.4, -0.2) is 10.3 Å². The summed E-state index contributed by atoms with van der Waals surface area (Å²) < 4.78 is 17.5. The van der Waals surface area contributed by atoms with E-state index in [9.17, 15) is 4.39 Å². The van der Waals surface area contributed by atoms with Crippen molar-refractivity contribution in [1.82, 2.24) is 10.3 Å². The van der Waals surface area contributed by atoms with Gasteiger partial charge >= 0.3 is 0 Å². The summed E-state index contributed by atoms with van der Waals surface area (Å²) in [5.74, 6) is -0.345. The van der Waals surface area contributed by atoms with E-state index >= 15 is 0 Å². The Balaban J connectivity index is 2.10. The van der Waals surface area contributed by atoms with Gasteiger partial charge in [-0.05, 0) is 25.1 Å². The van der Waals surface area contributed by atoms with Gasteiger partial charge in [-0.1, -0.05) is 21.9 Å². The quantitative estimate of drug-likeness (QED) is 0.898. The molecule has 0 amide bonds. The summed E-state index contributed by atoms with van der Waals surface area (Å²) in [5.41, 5.74) is 1.88. The van der Waals surface area contributed by atoms with Gasteiger partial charge in [-0.15, -0.1) is 0 Å². The fraction of sp³-hybridized carbons (Fsp3) is 0.200. The monoisotopic (exact) mass is 241 g/mol. The predicted octanol–water partition coefficient (Wildman–Crippen LogP) is 2.78. The van der Waals surface area contributed by atoms with E-state index < -0.39 is 0 Å². The van der Waals surface area contributed by atoms with E-state index in [4.69, 9.17) is 11.6 Å². The summed E-state index contributed by atoms with van der Waals surface area (Å²) in [7, 11) is 0. The number of hydrogen-bond acceptors (Lipinski definition) is 4. The van der Waals surface area contributed by atoms with E-state index in [-0.39, 0.29) is 5.82 Å². The lowest BCUT2D eigenvalue weighted by molar-refractivity contribution is 0.301. The van der Waals surface area contributed by atoms with Crippen molar-refractivity contribution in [3.05, 3.63) is 40.4 Å². The summed E-state index contributed by atoms with van der Waals surface area (Å²) >= 11 is 5.89. The van der Waals surface area contributed by atoms with Crippen molar-refractivity contribution in [2.75, 3.05) is 5.32 Å². The van der Waals surface area contributed by atoms with Crippen LogP contribution in [0.3, 0.4) is 0 Å². The van der Waals surface area contributed by atoms with Gasteiger partial charge in [0.15, 0.2) is 0 Å². The van der Waals surface area contributed by atoms with Crippen molar-refractivity contribution >= 4 is 17.3 Å². The van der Waals surface area contributed by atoms with Gasteiger partial charge in [-0.2, -0.15) is 0 Å². The van der Waals surface area contributed by atoms with Crippen LogP contribution >= 0.6 is 11.6 Å². The molecule has 0 aliphatic heterocycles. The van der Waals surface area contributed by atoms with Crippen LogP contribution in [0.1, 0.15) is 11.4 Å². The highest BCUT2D eigenvalue weighted by Crippen LogP contribution is 2.22. The third kappa shape index (κ3) is 2.30. The Labute approximate surface area is 96.4 Å². The zero-order valence-electron chi connectivity index (χ0n) is 8.50. The zero-order chi connectivity index (χ0) is 11.5. The van der Waals surface area contributed by atoms with Gasteiger partial charge in [0.05, 0.1) is 17.3 Å². The summed E-state index contributed by atoms with van der Waals surface area (Å²) in [6.45, 7) is 2.17. The number of rotatable bonds is 3. The second-order valence-corrected chi connectivity index (χ2v) is 3.68. The van der Waals surface area contributed by atoms with E-state index in [0.717, 1.165) is 0 Å². The van der Waals surface area contributed by atoms with Crippen molar-refractivity contribution in [2.24, 2.45) is 0 Å². The number of halogens is 2. The Morgan fingerprint density at radius 2 is 2.25 bits per heavy atom. The van der Waals surface area contributed by atoms with Crippen molar-refractivity contribution < 1.29 is 9.02 Å². The van der Waals surface area contributed by atoms with Crippen LogP contribution in [0.2, 0.25) is 5.02 Å². The molecule has 0 aliphatic carbocycles. The molecule has 1 aromatic heterocycles. The van der Waals surface area contributed by atoms with Crippen LogP contribution in [0.4, 0.5) is 10.1 Å². The van der Waals surface area contributed by atoms with Gasteiger partial charge < -0.3 is 5.32 Å². The third-order valence-electron chi connectivity index (χ3n) is 2.12. The maximum absolute atomic E-state index is 12.9. The lowest BCUT2D eigenvalue weighted by Gasteiger charge is -2.06. The summed E-state index contributed by atoms with van der Waals surface area (Å²) in [6, 6.07) is 4.12. The van der Waals surface area contributed by atoms with Crippen molar-refractivity contribution in [3.63, 3.8) is 0 Å². The maximum atomic E-state index is 12.9. The second-order valence-electron chi connectivity index (χ2n) is 3.27. The van der Waals surface area contributed by atoms with Gasteiger partial charge in [0.25, 0.3) is 0 Å². The highest BCUT2D eigenvalue weighted by atomic mass is 35.5. The first kappa shape index (κ1) is 10.9. The molecule has 84 valence electrons. The molecule has 0 unspecified atom stereocenters. The maximum Gasteiger partial charge on any atom is 0.127 e. The molecule has 1 aromatic carbocycles. The molecular formula is C10H9ClFN3O. The summed E-state index contributed by atoms with van der Waals surface area (Å²) in [5, 5.41) is 10.7. The third-order valence-corrected chi connectivity index (χ3v) is 2.45. The van der Waals surface area contributed by atoms with Crippen LogP contribution < -0.4 is 5.32 Å². The smallest absolute Gasteiger partial charge is 0.127 e. The first-order valence-corrected chi connectivity index (χ1v) is 5.01. The number of benzene rings is 1. The average molecular weight is 242 g/mol. The molecule has 0 spiro atoms. The molecule has 2 rings (SSSR count). The van der Waals surface area contributed by atoms with Gasteiger partial charge in [-0.3, -0.25) is 0 Å². The number of anilines is 1. The lowest BCUT2D eigenvalue weighted by atomic mass is 10.3. The largest absolute Gasteiger partial charge is 0.378 e. The number of hydrogen-bond donors (Lipinski definition) is 1. The Morgan fingerprint density at radius 1 is 1.44 bits per heavy atom. The Hall–Kier alpha value is -1.62. The second kappa shape index (κ2) is 4.49. The Bertz CT molecular complexity index is 501. The number of aromatic nitrogens is 2. The van der Waals surface area contributed by atoms with E-state index in [2.05, 4.69) is 20.3 Å². The minimum absolute atomic E-state index is 0.345. The van der Waals surface area contributed by atoms with Crippen LogP contribution in [0.25, 0.3) is 0 Å². The van der Waals surface area contributed by atoms with E-state index in [1.807, 2.05) is 0 Å². The molecule has 1 N–H and O–H groups in total. The molecule has 0 radical (unpaired) electrons. The highest BCUT2D eigenvalue weighted by Gasteiger charge is 2.06. The summed E-state index contributed by atoms with van der Waals surface area (Å²) in [4.78, 5) is 0. The highest BCUT2D eigenvalue weighted by molar-refractivity contribution is 6.33. The standard InChI is InChI=1S/C10H9ClFN3O/c1-6-10(15-16-14-6)5-13-9-4-7(12)2-3-8(9)11/h2-4,13H,5H2,1H3. The molecule has 0 saturated carbocycles. The first-order valence-electron chi connectivity index (χ1n) is 4.64. The molecule has 0 fully saturated rings. The first-order chi connectivity index (χ1) is 7.66. The normalized spacial score (nSPS) is 10.4. The molecule has 16 heavy (non-hydrogen) atoms. The molecule has 2 aromatic rings. The van der Waals surface area contributed by atoms with Crippen molar-refractivity contribution in [1.29, 1.82) is 0 Å². The molecule has 0 atom stereocenters. The average Bonchev–Trinajstić information content (AvgIpc) is 2.66. The lowest BCUT2D eigenvalue weighted by Crippen LogP contribution is -2.02. The van der Waals surface area contributed by atoms with Gasteiger partial charge in [-0.25, -0.2) is 9.02 Å². The predicted molar refractivity (Wildman–Crippen MR) is 57.8 cm³/mol. The molecule has 0 aliphatic rings. The molecular weight excluding hydrogens is 233 g/mol. The van der Waals surface area contributed by atoms with Gasteiger partial charge in [0.1, 0.15) is 17.2 Å². The van der Waals surface area contributed by atoms with Crippen LogP contribution in [0, 0.1) is 12.7 Å². The fourth-order valence-electron chi connectivity index (χ4n) is 1.22. The van der Waals surface area contributed by atoms with E-state index in [0.29, 0.717) is 28.6 Å². The molecule has 1 heterocycles. The molecule has 0 saturated heterocycles. The Kier molecular flexibility index (Phi) is 3.05. The fourth-order valence-corrected chi connectivity index (χ4v) is 1.41. The van der Waals surface area contributed by atoms with Crippen molar-refractivity contribution in [2.45, 2.75) is 13.5 Å². The molecule has 4 nitrogen and oxygen atoms in total. The minimum atomic E-state index is -0.345. The Morgan fingerprint density at radius 3 is 2.94 bits per heavy atom. The van der Waals surface area contributed by atoms with Crippen LogP contribution in [0.5, 0.6) is 0 Å². The molecule has 6 heteroatoms. The summed E-state index contributed by atoms with van der Waals surface area (Å²) in [6.07, 6.45) is 0. The van der Waals surface area contributed by atoms with Gasteiger partial charge in [0.2, 0.25) is 0 Å². The minimum Gasteiger partial charge on any atom is -0.378 e. The number of aryl methyl sites for hydroxylation is 1.